The third-order valence-corrected chi connectivity index (χ3v) is 5.65. The zero-order valence-electron chi connectivity index (χ0n) is 19.4. The molecule has 2 heterocycles. The van der Waals surface area contributed by atoms with E-state index in [1.54, 1.807) is 26.1 Å². The number of nitrogens with one attached hydrogen (secondary N) is 2. The van der Waals surface area contributed by atoms with Crippen molar-refractivity contribution in [1.29, 1.82) is 0 Å². The van der Waals surface area contributed by atoms with Crippen molar-refractivity contribution in [1.82, 2.24) is 25.3 Å². The van der Waals surface area contributed by atoms with Gasteiger partial charge >= 0.3 is 0 Å². The molecule has 3 rings (SSSR count). The molecule has 1 aliphatic heterocycles. The number of carbonyl (C=O) groups is 3. The Morgan fingerprint density at radius 3 is 2.61 bits per heavy atom. The van der Waals surface area contributed by atoms with Crippen LogP contribution in [-0.2, 0) is 22.6 Å². The molecule has 9 nitrogen and oxygen atoms in total. The molecular formula is C23H30FN5O4. The summed E-state index contributed by atoms with van der Waals surface area (Å²) in [5.41, 5.74) is -0.115. The summed E-state index contributed by atoms with van der Waals surface area (Å²) in [7, 11) is 1.55. The number of ether oxygens (including phenoxy) is 1. The van der Waals surface area contributed by atoms with E-state index >= 15 is 0 Å². The fourth-order valence-electron chi connectivity index (χ4n) is 3.50. The highest BCUT2D eigenvalue weighted by Crippen LogP contribution is 2.26. The number of benzene rings is 1. The molecule has 1 aromatic carbocycles. The summed E-state index contributed by atoms with van der Waals surface area (Å²) in [6.07, 6.45) is 0.789. The van der Waals surface area contributed by atoms with Crippen LogP contribution in [-0.4, -0.2) is 64.2 Å². The Labute approximate surface area is 192 Å². The molecule has 2 N–H and O–H groups in total. The molecule has 33 heavy (non-hydrogen) atoms. The second-order valence-electron chi connectivity index (χ2n) is 8.55. The number of aromatic nitrogens is 2. The van der Waals surface area contributed by atoms with Gasteiger partial charge in [0.05, 0.1) is 12.6 Å². The van der Waals surface area contributed by atoms with Crippen molar-refractivity contribution in [2.45, 2.75) is 51.9 Å². The van der Waals surface area contributed by atoms with Crippen LogP contribution < -0.4 is 10.6 Å². The van der Waals surface area contributed by atoms with Gasteiger partial charge in [-0.05, 0) is 44.9 Å². The van der Waals surface area contributed by atoms with Gasteiger partial charge in [0.25, 0.3) is 11.8 Å². The van der Waals surface area contributed by atoms with Crippen molar-refractivity contribution in [2.75, 3.05) is 20.2 Å². The first-order valence-electron chi connectivity index (χ1n) is 10.9. The predicted octanol–water partition coefficient (Wildman–Crippen LogP) is 1.73. The number of halogens is 1. The summed E-state index contributed by atoms with van der Waals surface area (Å²) in [6, 6.07) is 7.24. The van der Waals surface area contributed by atoms with E-state index in [1.807, 2.05) is 13.8 Å². The Balaban J connectivity index is 1.65. The molecule has 0 radical (unpaired) electrons. The summed E-state index contributed by atoms with van der Waals surface area (Å²) < 4.78 is 19.9. The van der Waals surface area contributed by atoms with Gasteiger partial charge in [0, 0.05) is 32.8 Å². The van der Waals surface area contributed by atoms with Gasteiger partial charge in [0.15, 0.2) is 5.69 Å². The van der Waals surface area contributed by atoms with E-state index in [0.717, 1.165) is 5.56 Å². The van der Waals surface area contributed by atoms with Crippen molar-refractivity contribution in [3.8, 4) is 0 Å². The van der Waals surface area contributed by atoms with Crippen LogP contribution in [0.5, 0.6) is 0 Å². The number of hydrogen-bond donors (Lipinski definition) is 2. The monoisotopic (exact) mass is 459 g/mol. The standard InChI is InChI=1S/C23H30FN5O4/c1-15(2)33-11-5-10-25-20(30)18-12-19-21(31)28(4)23(3,14-29(19)27-18)22(32)26-13-16-6-8-17(24)9-7-16/h6-9,12,15H,5,10-11,13-14H2,1-4H3,(H,25,30)(H,26,32)/t23-/m0/s1. The quantitative estimate of drug-likeness (QED) is 0.556. The highest BCUT2D eigenvalue weighted by molar-refractivity contribution is 6.01. The first-order valence-corrected chi connectivity index (χ1v) is 10.9. The second kappa shape index (κ2) is 10.1. The summed E-state index contributed by atoms with van der Waals surface area (Å²) >= 11 is 0. The van der Waals surface area contributed by atoms with Gasteiger partial charge in [-0.3, -0.25) is 19.1 Å². The molecule has 0 fully saturated rings. The Kier molecular flexibility index (Phi) is 7.47. The van der Waals surface area contributed by atoms with E-state index < -0.39 is 11.4 Å². The second-order valence-corrected chi connectivity index (χ2v) is 8.55. The molecule has 1 atom stereocenters. The molecule has 0 unspecified atom stereocenters. The third-order valence-electron chi connectivity index (χ3n) is 5.65. The first-order chi connectivity index (χ1) is 15.6. The van der Waals surface area contributed by atoms with Crippen LogP contribution in [0.3, 0.4) is 0 Å². The molecular weight excluding hydrogens is 429 g/mol. The first kappa shape index (κ1) is 24.4. The fraction of sp³-hybridized carbons (Fsp3) is 0.478. The molecule has 1 aromatic heterocycles. The Morgan fingerprint density at radius 1 is 1.24 bits per heavy atom. The van der Waals surface area contributed by atoms with Gasteiger partial charge in [-0.15, -0.1) is 0 Å². The van der Waals surface area contributed by atoms with Gasteiger partial charge in [0.1, 0.15) is 17.1 Å². The van der Waals surface area contributed by atoms with E-state index in [1.165, 1.54) is 27.8 Å². The number of hydrogen-bond acceptors (Lipinski definition) is 5. The molecule has 0 spiro atoms. The van der Waals surface area contributed by atoms with E-state index in [4.69, 9.17) is 4.74 Å². The number of carbonyl (C=O) groups excluding carboxylic acids is 3. The van der Waals surface area contributed by atoms with Gasteiger partial charge in [-0.1, -0.05) is 12.1 Å². The summed E-state index contributed by atoms with van der Waals surface area (Å²) in [5.74, 6) is -1.53. The van der Waals surface area contributed by atoms with E-state index in [0.29, 0.717) is 19.6 Å². The van der Waals surface area contributed by atoms with Crippen LogP contribution in [0.4, 0.5) is 4.39 Å². The Hall–Kier alpha value is -3.27. The predicted molar refractivity (Wildman–Crippen MR) is 119 cm³/mol. The van der Waals surface area contributed by atoms with Crippen LogP contribution in [0.15, 0.2) is 30.3 Å². The topological polar surface area (TPSA) is 106 Å². The van der Waals surface area contributed by atoms with E-state index in [2.05, 4.69) is 15.7 Å². The molecule has 2 aromatic rings. The van der Waals surface area contributed by atoms with E-state index in [9.17, 15) is 18.8 Å². The van der Waals surface area contributed by atoms with Crippen molar-refractivity contribution in [3.63, 3.8) is 0 Å². The third kappa shape index (κ3) is 5.57. The lowest BCUT2D eigenvalue weighted by Crippen LogP contribution is -2.62. The minimum atomic E-state index is -1.21. The van der Waals surface area contributed by atoms with Gasteiger partial charge < -0.3 is 20.3 Å². The zero-order valence-corrected chi connectivity index (χ0v) is 19.4. The molecule has 0 saturated heterocycles. The SMILES string of the molecule is CC(C)OCCCNC(=O)c1cc2n(n1)C[C@@](C)(C(=O)NCc1ccc(F)cc1)N(C)C2=O. The maximum atomic E-state index is 13.1. The number of likely N-dealkylation sites (N-methyl/N-ethyl adjacent to an activating group) is 1. The van der Waals surface area contributed by atoms with Gasteiger partial charge in [0.2, 0.25) is 5.91 Å². The lowest BCUT2D eigenvalue weighted by Gasteiger charge is -2.40. The lowest BCUT2D eigenvalue weighted by molar-refractivity contribution is -0.132. The van der Waals surface area contributed by atoms with Crippen molar-refractivity contribution < 1.29 is 23.5 Å². The number of rotatable bonds is 9. The normalized spacial score (nSPS) is 17.8. The minimum Gasteiger partial charge on any atom is -0.379 e. The smallest absolute Gasteiger partial charge is 0.272 e. The molecule has 178 valence electrons. The van der Waals surface area contributed by atoms with Crippen molar-refractivity contribution in [3.05, 3.63) is 53.1 Å². The van der Waals surface area contributed by atoms with E-state index in [-0.39, 0.29) is 48.2 Å². The average molecular weight is 460 g/mol. The van der Waals surface area contributed by atoms with Gasteiger partial charge in [-0.25, -0.2) is 4.39 Å². The molecule has 10 heteroatoms. The van der Waals surface area contributed by atoms with Crippen LogP contribution in [0.1, 0.15) is 53.7 Å². The van der Waals surface area contributed by atoms with Crippen molar-refractivity contribution in [2.24, 2.45) is 0 Å². The number of amides is 3. The maximum Gasteiger partial charge on any atom is 0.272 e. The summed E-state index contributed by atoms with van der Waals surface area (Å²) in [4.78, 5) is 39.8. The van der Waals surface area contributed by atoms with Gasteiger partial charge in [-0.2, -0.15) is 5.10 Å². The largest absolute Gasteiger partial charge is 0.379 e. The Morgan fingerprint density at radius 2 is 1.94 bits per heavy atom. The lowest BCUT2D eigenvalue weighted by atomic mass is 9.96. The number of fused-ring (bicyclic) bond motifs is 1. The number of nitrogens with zero attached hydrogens (tertiary/aromatic N) is 3. The summed E-state index contributed by atoms with van der Waals surface area (Å²) in [5, 5.41) is 9.84. The highest BCUT2D eigenvalue weighted by atomic mass is 19.1. The fourth-order valence-corrected chi connectivity index (χ4v) is 3.50. The summed E-state index contributed by atoms with van der Waals surface area (Å²) in [6.45, 7) is 6.77. The van der Waals surface area contributed by atoms with Crippen LogP contribution in [0.2, 0.25) is 0 Å². The minimum absolute atomic E-state index is 0.0926. The van der Waals surface area contributed by atoms with Crippen molar-refractivity contribution >= 4 is 17.7 Å². The molecule has 3 amide bonds. The molecule has 0 saturated carbocycles. The van der Waals surface area contributed by atoms with Crippen LogP contribution in [0, 0.1) is 5.82 Å². The Bertz CT molecular complexity index is 1020. The van der Waals surface area contributed by atoms with Crippen LogP contribution >= 0.6 is 0 Å². The molecule has 0 aliphatic carbocycles. The molecule has 0 bridgehead atoms. The average Bonchev–Trinajstić information content (AvgIpc) is 3.20. The van der Waals surface area contributed by atoms with Crippen LogP contribution in [0.25, 0.3) is 0 Å². The maximum absolute atomic E-state index is 13.1. The zero-order chi connectivity index (χ0) is 24.2. The highest BCUT2D eigenvalue weighted by Gasteiger charge is 2.46. The molecule has 1 aliphatic rings.